The second-order valence-corrected chi connectivity index (χ2v) is 6.50. The second kappa shape index (κ2) is 5.05. The van der Waals surface area contributed by atoms with Crippen molar-refractivity contribution in [3.8, 4) is 0 Å². The minimum atomic E-state index is 0.0371. The smallest absolute Gasteiger partial charge is 0.266 e. The third kappa shape index (κ3) is 2.16. The fraction of sp³-hybridized carbons (Fsp3) is 0.467. The van der Waals surface area contributed by atoms with Gasteiger partial charge in [0.1, 0.15) is 9.71 Å². The Kier molecular flexibility index (Phi) is 3.38. The first-order valence-electron chi connectivity index (χ1n) is 7.00. The van der Waals surface area contributed by atoms with Gasteiger partial charge in [0.05, 0.1) is 5.69 Å². The Hall–Kier alpha value is -1.62. The van der Waals surface area contributed by atoms with E-state index in [1.165, 1.54) is 24.2 Å². The lowest BCUT2D eigenvalue weighted by Crippen LogP contribution is -2.35. The summed E-state index contributed by atoms with van der Waals surface area (Å²) in [6.07, 6.45) is 4.63. The van der Waals surface area contributed by atoms with Gasteiger partial charge in [-0.05, 0) is 31.9 Å². The molecule has 0 aliphatic heterocycles. The van der Waals surface area contributed by atoms with Crippen LogP contribution in [0.1, 0.15) is 41.0 Å². The van der Waals surface area contributed by atoms with Crippen LogP contribution < -0.4 is 5.73 Å². The zero-order valence-electron chi connectivity index (χ0n) is 11.8. The van der Waals surface area contributed by atoms with Crippen LogP contribution in [0.2, 0.25) is 0 Å². The van der Waals surface area contributed by atoms with Gasteiger partial charge in [-0.3, -0.25) is 4.79 Å². The molecule has 2 aromatic heterocycles. The second-order valence-electron chi connectivity index (χ2n) is 5.50. The molecule has 106 valence electrons. The zero-order chi connectivity index (χ0) is 14.3. The molecule has 0 unspecified atom stereocenters. The normalized spacial score (nSPS) is 15.9. The zero-order valence-corrected chi connectivity index (χ0v) is 12.7. The fourth-order valence-corrected chi connectivity index (χ4v) is 3.99. The van der Waals surface area contributed by atoms with Gasteiger partial charge in [0.2, 0.25) is 0 Å². The molecule has 5 heteroatoms. The van der Waals surface area contributed by atoms with Crippen molar-refractivity contribution in [2.24, 2.45) is 0 Å². The van der Waals surface area contributed by atoms with E-state index in [4.69, 9.17) is 5.73 Å². The third-order valence-electron chi connectivity index (χ3n) is 4.12. The third-order valence-corrected chi connectivity index (χ3v) is 5.22. The van der Waals surface area contributed by atoms with Crippen LogP contribution in [0.15, 0.2) is 12.1 Å². The van der Waals surface area contributed by atoms with Gasteiger partial charge in [-0.2, -0.15) is 0 Å². The molecule has 2 aromatic rings. The van der Waals surface area contributed by atoms with Crippen LogP contribution in [-0.4, -0.2) is 28.9 Å². The van der Waals surface area contributed by atoms with Gasteiger partial charge in [-0.15, -0.1) is 11.3 Å². The number of rotatable bonds is 2. The molecule has 2 N–H and O–H groups in total. The molecule has 0 saturated heterocycles. The van der Waals surface area contributed by atoms with Gasteiger partial charge in [0, 0.05) is 24.2 Å². The maximum absolute atomic E-state index is 12.6. The number of hydrogen-bond donors (Lipinski definition) is 1. The van der Waals surface area contributed by atoms with Crippen molar-refractivity contribution in [1.29, 1.82) is 0 Å². The number of aryl methyl sites for hydroxylation is 1. The predicted molar refractivity (Wildman–Crippen MR) is 83.1 cm³/mol. The van der Waals surface area contributed by atoms with E-state index in [0.717, 1.165) is 28.8 Å². The van der Waals surface area contributed by atoms with Crippen LogP contribution in [-0.2, 0) is 0 Å². The summed E-state index contributed by atoms with van der Waals surface area (Å²) in [6, 6.07) is 4.25. The highest BCUT2D eigenvalue weighted by atomic mass is 32.1. The van der Waals surface area contributed by atoms with Crippen molar-refractivity contribution < 1.29 is 4.79 Å². The Bertz CT molecular complexity index is 658. The lowest BCUT2D eigenvalue weighted by Gasteiger charge is -2.23. The van der Waals surface area contributed by atoms with E-state index >= 15 is 0 Å². The fourth-order valence-electron chi connectivity index (χ4n) is 2.87. The first-order chi connectivity index (χ1) is 9.58. The molecule has 1 amide bonds. The number of fused-ring (bicyclic) bond motifs is 1. The molecule has 20 heavy (non-hydrogen) atoms. The molecule has 1 saturated carbocycles. The Morgan fingerprint density at radius 1 is 1.40 bits per heavy atom. The first kappa shape index (κ1) is 13.4. The van der Waals surface area contributed by atoms with E-state index in [1.54, 1.807) is 0 Å². The number of hydrogen-bond acceptors (Lipinski definition) is 4. The molecule has 1 fully saturated rings. The molecule has 0 bridgehead atoms. The molecule has 0 atom stereocenters. The lowest BCUT2D eigenvalue weighted by atomic mass is 10.2. The predicted octanol–water partition coefficient (Wildman–Crippen LogP) is 3.20. The summed E-state index contributed by atoms with van der Waals surface area (Å²) in [5, 5.41) is 0.892. The highest BCUT2D eigenvalue weighted by Crippen LogP contribution is 2.34. The largest absolute Gasteiger partial charge is 0.397 e. The average molecular weight is 289 g/mol. The van der Waals surface area contributed by atoms with Crippen LogP contribution in [0.4, 0.5) is 5.69 Å². The monoisotopic (exact) mass is 289 g/mol. The topological polar surface area (TPSA) is 59.2 Å². The number of thiophene rings is 1. The molecule has 3 rings (SSSR count). The number of pyridine rings is 1. The molecular weight excluding hydrogens is 270 g/mol. The lowest BCUT2D eigenvalue weighted by molar-refractivity contribution is 0.0741. The van der Waals surface area contributed by atoms with Gasteiger partial charge in [-0.25, -0.2) is 4.98 Å². The SMILES string of the molecule is Cc1ccc2c(N)c(C(=O)N(C)C3CCCC3)sc2n1. The quantitative estimate of drug-likeness (QED) is 0.923. The first-order valence-corrected chi connectivity index (χ1v) is 7.82. The number of carbonyl (C=O) groups excluding carboxylic acids is 1. The van der Waals surface area contributed by atoms with Crippen molar-refractivity contribution >= 4 is 33.1 Å². The minimum absolute atomic E-state index is 0.0371. The summed E-state index contributed by atoms with van der Waals surface area (Å²) in [5.74, 6) is 0.0371. The number of nitrogens with zero attached hydrogens (tertiary/aromatic N) is 2. The molecule has 1 aliphatic rings. The Labute approximate surface area is 122 Å². The maximum atomic E-state index is 12.6. The summed E-state index contributed by atoms with van der Waals surface area (Å²) < 4.78 is 0. The Morgan fingerprint density at radius 2 is 2.10 bits per heavy atom. The number of carbonyl (C=O) groups is 1. The van der Waals surface area contributed by atoms with Crippen LogP contribution in [0, 0.1) is 6.92 Å². The van der Waals surface area contributed by atoms with Crippen molar-refractivity contribution in [3.05, 3.63) is 22.7 Å². The summed E-state index contributed by atoms with van der Waals surface area (Å²) >= 11 is 1.41. The van der Waals surface area contributed by atoms with Crippen LogP contribution in [0.5, 0.6) is 0 Å². The summed E-state index contributed by atoms with van der Waals surface area (Å²) in [4.78, 5) is 20.4. The van der Waals surface area contributed by atoms with Crippen molar-refractivity contribution in [2.75, 3.05) is 12.8 Å². The highest BCUT2D eigenvalue weighted by Gasteiger charge is 2.27. The standard InChI is InChI=1S/C15H19N3OS/c1-9-7-8-11-12(16)13(20-14(11)17-9)15(19)18(2)10-5-3-4-6-10/h7-8,10H,3-6,16H2,1-2H3. The van der Waals surface area contributed by atoms with E-state index in [9.17, 15) is 4.79 Å². The van der Waals surface area contributed by atoms with Crippen molar-refractivity contribution in [2.45, 2.75) is 38.6 Å². The van der Waals surface area contributed by atoms with Crippen LogP contribution in [0.25, 0.3) is 10.2 Å². The summed E-state index contributed by atoms with van der Waals surface area (Å²) in [6.45, 7) is 1.95. The van der Waals surface area contributed by atoms with Crippen LogP contribution in [0.3, 0.4) is 0 Å². The van der Waals surface area contributed by atoms with Gasteiger partial charge in [-0.1, -0.05) is 12.8 Å². The van der Waals surface area contributed by atoms with E-state index in [-0.39, 0.29) is 5.91 Å². The molecule has 0 spiro atoms. The Morgan fingerprint density at radius 3 is 2.80 bits per heavy atom. The molecule has 4 nitrogen and oxygen atoms in total. The van der Waals surface area contributed by atoms with Gasteiger partial charge < -0.3 is 10.6 Å². The van der Waals surface area contributed by atoms with Crippen molar-refractivity contribution in [3.63, 3.8) is 0 Å². The molecule has 1 aliphatic carbocycles. The Balaban J connectivity index is 1.96. The van der Waals surface area contributed by atoms with Gasteiger partial charge >= 0.3 is 0 Å². The molecule has 2 heterocycles. The van der Waals surface area contributed by atoms with Gasteiger partial charge in [0.25, 0.3) is 5.91 Å². The minimum Gasteiger partial charge on any atom is -0.397 e. The molecule has 0 radical (unpaired) electrons. The van der Waals surface area contributed by atoms with E-state index in [2.05, 4.69) is 4.98 Å². The highest BCUT2D eigenvalue weighted by molar-refractivity contribution is 7.21. The number of anilines is 1. The summed E-state index contributed by atoms with van der Waals surface area (Å²) in [7, 11) is 1.89. The number of amides is 1. The number of nitrogen functional groups attached to an aromatic ring is 1. The average Bonchev–Trinajstić information content (AvgIpc) is 3.05. The molecule has 0 aromatic carbocycles. The van der Waals surface area contributed by atoms with E-state index < -0.39 is 0 Å². The summed E-state index contributed by atoms with van der Waals surface area (Å²) in [5.41, 5.74) is 7.67. The number of aromatic nitrogens is 1. The van der Waals surface area contributed by atoms with Crippen LogP contribution >= 0.6 is 11.3 Å². The number of nitrogens with two attached hydrogens (primary N) is 1. The van der Waals surface area contributed by atoms with Crippen molar-refractivity contribution in [1.82, 2.24) is 9.88 Å². The van der Waals surface area contributed by atoms with E-state index in [1.807, 2.05) is 31.0 Å². The van der Waals surface area contributed by atoms with Gasteiger partial charge in [0.15, 0.2) is 0 Å². The maximum Gasteiger partial charge on any atom is 0.266 e. The molecular formula is C15H19N3OS. The van der Waals surface area contributed by atoms with E-state index in [0.29, 0.717) is 16.6 Å².